The summed E-state index contributed by atoms with van der Waals surface area (Å²) in [5.41, 5.74) is 5.72. The lowest BCUT2D eigenvalue weighted by Gasteiger charge is -2.28. The minimum atomic E-state index is 0.609. The third-order valence-corrected chi connectivity index (χ3v) is 3.49. The molecule has 0 aromatic carbocycles. The highest BCUT2D eigenvalue weighted by atomic mass is 15.2. The number of hydrogen-bond donors (Lipinski definition) is 1. The highest BCUT2D eigenvalue weighted by molar-refractivity contribution is 5.44. The van der Waals surface area contributed by atoms with Crippen molar-refractivity contribution in [2.45, 2.75) is 44.6 Å². The van der Waals surface area contributed by atoms with Crippen LogP contribution >= 0.6 is 0 Å². The second kappa shape index (κ2) is 5.19. The molecule has 1 aliphatic rings. The van der Waals surface area contributed by atoms with Gasteiger partial charge in [-0.2, -0.15) is 0 Å². The van der Waals surface area contributed by atoms with Crippen LogP contribution in [0.25, 0.3) is 0 Å². The van der Waals surface area contributed by atoms with Crippen LogP contribution in [0.3, 0.4) is 0 Å². The van der Waals surface area contributed by atoms with Crippen LogP contribution in [0.15, 0.2) is 18.2 Å². The van der Waals surface area contributed by atoms with E-state index in [2.05, 4.69) is 16.9 Å². The average Bonchev–Trinajstić information content (AvgIpc) is 2.56. The highest BCUT2D eigenvalue weighted by Gasteiger charge is 2.17. The Morgan fingerprint density at radius 3 is 2.50 bits per heavy atom. The Balaban J connectivity index is 2.07. The summed E-state index contributed by atoms with van der Waals surface area (Å²) in [6.45, 7) is 0. The molecule has 0 unspecified atom stereocenters. The monoisotopic (exact) mass is 219 g/mol. The normalized spacial score (nSPS) is 18.1. The lowest BCUT2D eigenvalue weighted by molar-refractivity contribution is 0.549. The average molecular weight is 219 g/mol. The topological polar surface area (TPSA) is 42.1 Å². The van der Waals surface area contributed by atoms with Crippen molar-refractivity contribution in [3.8, 4) is 0 Å². The van der Waals surface area contributed by atoms with Gasteiger partial charge in [-0.05, 0) is 25.0 Å². The van der Waals surface area contributed by atoms with Crippen molar-refractivity contribution in [3.63, 3.8) is 0 Å². The molecule has 3 nitrogen and oxygen atoms in total. The number of nitrogens with two attached hydrogens (primary N) is 1. The molecule has 0 radical (unpaired) electrons. The predicted octanol–water partition coefficient (Wildman–Crippen LogP) is 2.82. The molecule has 1 aromatic heterocycles. The molecule has 2 N–H and O–H groups in total. The van der Waals surface area contributed by atoms with E-state index in [-0.39, 0.29) is 0 Å². The Morgan fingerprint density at radius 1 is 1.19 bits per heavy atom. The van der Waals surface area contributed by atoms with Crippen molar-refractivity contribution in [3.05, 3.63) is 18.2 Å². The second-order valence-corrected chi connectivity index (χ2v) is 4.68. The molecular weight excluding hydrogens is 198 g/mol. The number of nitrogens with zero attached hydrogens (tertiary/aromatic N) is 2. The Bertz CT molecular complexity index is 330. The number of hydrogen-bond acceptors (Lipinski definition) is 3. The van der Waals surface area contributed by atoms with Crippen molar-refractivity contribution in [2.24, 2.45) is 0 Å². The van der Waals surface area contributed by atoms with E-state index in [9.17, 15) is 0 Å². The summed E-state index contributed by atoms with van der Waals surface area (Å²) in [6, 6.07) is 6.49. The number of rotatable bonds is 2. The molecule has 0 atom stereocenters. The first-order valence-electron chi connectivity index (χ1n) is 6.23. The van der Waals surface area contributed by atoms with E-state index < -0.39 is 0 Å². The lowest BCUT2D eigenvalue weighted by atomic mass is 10.1. The van der Waals surface area contributed by atoms with E-state index in [0.717, 1.165) is 5.82 Å². The summed E-state index contributed by atoms with van der Waals surface area (Å²) in [5, 5.41) is 0. The maximum atomic E-state index is 5.72. The van der Waals surface area contributed by atoms with E-state index in [1.54, 1.807) is 0 Å². The van der Waals surface area contributed by atoms with Gasteiger partial charge < -0.3 is 10.6 Å². The van der Waals surface area contributed by atoms with Crippen LogP contribution in [0.1, 0.15) is 38.5 Å². The number of aromatic nitrogens is 1. The van der Waals surface area contributed by atoms with Crippen LogP contribution in [0, 0.1) is 0 Å². The lowest BCUT2D eigenvalue weighted by Crippen LogP contribution is -2.31. The molecule has 0 saturated heterocycles. The van der Waals surface area contributed by atoms with Gasteiger partial charge in [0.1, 0.15) is 11.6 Å². The summed E-state index contributed by atoms with van der Waals surface area (Å²) in [5.74, 6) is 1.62. The van der Waals surface area contributed by atoms with Gasteiger partial charge in [-0.25, -0.2) is 4.98 Å². The first-order chi connectivity index (χ1) is 7.77. The molecule has 1 heterocycles. The van der Waals surface area contributed by atoms with E-state index in [1.165, 1.54) is 38.5 Å². The van der Waals surface area contributed by atoms with E-state index in [4.69, 9.17) is 5.73 Å². The van der Waals surface area contributed by atoms with Crippen molar-refractivity contribution >= 4 is 11.6 Å². The maximum absolute atomic E-state index is 5.72. The molecule has 0 bridgehead atoms. The number of anilines is 2. The molecule has 2 rings (SSSR count). The molecule has 1 aliphatic carbocycles. The fourth-order valence-electron chi connectivity index (χ4n) is 2.47. The van der Waals surface area contributed by atoms with Gasteiger partial charge >= 0.3 is 0 Å². The standard InChI is InChI=1S/C13H21N3/c1-16(11-7-4-2-3-5-8-11)13-10-6-9-12(14)15-13/h6,9-11H,2-5,7-8H2,1H3,(H2,14,15). The van der Waals surface area contributed by atoms with Crippen molar-refractivity contribution < 1.29 is 0 Å². The maximum Gasteiger partial charge on any atom is 0.130 e. The Hall–Kier alpha value is -1.25. The zero-order valence-electron chi connectivity index (χ0n) is 10.0. The van der Waals surface area contributed by atoms with Crippen molar-refractivity contribution in [1.82, 2.24) is 4.98 Å². The summed E-state index contributed by atoms with van der Waals surface area (Å²) in [6.07, 6.45) is 8.03. The van der Waals surface area contributed by atoms with Crippen LogP contribution in [0.4, 0.5) is 11.6 Å². The quantitative estimate of drug-likeness (QED) is 0.778. The van der Waals surface area contributed by atoms with Gasteiger partial charge in [0.15, 0.2) is 0 Å². The third kappa shape index (κ3) is 2.65. The number of nitrogen functional groups attached to an aromatic ring is 1. The second-order valence-electron chi connectivity index (χ2n) is 4.68. The van der Waals surface area contributed by atoms with E-state index >= 15 is 0 Å². The van der Waals surface area contributed by atoms with Crippen LogP contribution in [0.5, 0.6) is 0 Å². The van der Waals surface area contributed by atoms with Gasteiger partial charge in [-0.1, -0.05) is 31.7 Å². The van der Waals surface area contributed by atoms with Gasteiger partial charge in [0.2, 0.25) is 0 Å². The smallest absolute Gasteiger partial charge is 0.130 e. The van der Waals surface area contributed by atoms with Gasteiger partial charge in [0.05, 0.1) is 0 Å². The van der Waals surface area contributed by atoms with E-state index in [1.807, 2.05) is 18.2 Å². The summed E-state index contributed by atoms with van der Waals surface area (Å²) >= 11 is 0. The molecule has 16 heavy (non-hydrogen) atoms. The van der Waals surface area contributed by atoms with Gasteiger partial charge in [-0.15, -0.1) is 0 Å². The fourth-order valence-corrected chi connectivity index (χ4v) is 2.47. The highest BCUT2D eigenvalue weighted by Crippen LogP contribution is 2.24. The van der Waals surface area contributed by atoms with E-state index in [0.29, 0.717) is 11.9 Å². The zero-order valence-corrected chi connectivity index (χ0v) is 10.0. The SMILES string of the molecule is CN(c1cccc(N)n1)C1CCCCCC1. The Labute approximate surface area is 97.7 Å². The molecule has 1 aromatic rings. The summed E-state index contributed by atoms with van der Waals surface area (Å²) in [4.78, 5) is 6.68. The first kappa shape index (κ1) is 11.2. The fraction of sp³-hybridized carbons (Fsp3) is 0.615. The van der Waals surface area contributed by atoms with Gasteiger partial charge in [-0.3, -0.25) is 0 Å². The molecule has 1 saturated carbocycles. The van der Waals surface area contributed by atoms with Crippen LogP contribution in [-0.2, 0) is 0 Å². The number of pyridine rings is 1. The Morgan fingerprint density at radius 2 is 1.88 bits per heavy atom. The third-order valence-electron chi connectivity index (χ3n) is 3.49. The zero-order chi connectivity index (χ0) is 11.4. The molecule has 3 heteroatoms. The molecule has 0 amide bonds. The minimum Gasteiger partial charge on any atom is -0.384 e. The van der Waals surface area contributed by atoms with Crippen LogP contribution in [-0.4, -0.2) is 18.1 Å². The molecule has 0 aliphatic heterocycles. The summed E-state index contributed by atoms with van der Waals surface area (Å²) < 4.78 is 0. The first-order valence-corrected chi connectivity index (χ1v) is 6.23. The minimum absolute atomic E-state index is 0.609. The molecule has 1 fully saturated rings. The molecular formula is C13H21N3. The van der Waals surface area contributed by atoms with Crippen molar-refractivity contribution in [1.29, 1.82) is 0 Å². The van der Waals surface area contributed by atoms with Gasteiger partial charge in [0.25, 0.3) is 0 Å². The summed E-state index contributed by atoms with van der Waals surface area (Å²) in [7, 11) is 2.14. The van der Waals surface area contributed by atoms with Crippen molar-refractivity contribution in [2.75, 3.05) is 17.7 Å². The van der Waals surface area contributed by atoms with Gasteiger partial charge in [0, 0.05) is 13.1 Å². The molecule has 88 valence electrons. The largest absolute Gasteiger partial charge is 0.384 e. The molecule has 0 spiro atoms. The van der Waals surface area contributed by atoms with Crippen LogP contribution < -0.4 is 10.6 Å². The Kier molecular flexibility index (Phi) is 3.65. The van der Waals surface area contributed by atoms with Crippen LogP contribution in [0.2, 0.25) is 0 Å². The predicted molar refractivity (Wildman–Crippen MR) is 68.5 cm³/mol.